The molecule has 2 heterocycles. The first-order valence-electron chi connectivity index (χ1n) is 7.14. The van der Waals surface area contributed by atoms with Crippen molar-refractivity contribution in [2.24, 2.45) is 5.92 Å². The molecule has 0 aliphatic carbocycles. The van der Waals surface area contributed by atoms with Crippen molar-refractivity contribution in [3.05, 3.63) is 30.1 Å². The highest BCUT2D eigenvalue weighted by molar-refractivity contribution is 5.75. The standard InChI is InChI=1S/C15H21N3O/c19-10-9-18-14-4-2-1-3-13(14)17-15(18)6-5-12-7-8-16-11-12/h1-4,12,16,19H,5-11H2. The Balaban J connectivity index is 1.82. The summed E-state index contributed by atoms with van der Waals surface area (Å²) in [7, 11) is 0. The first-order chi connectivity index (χ1) is 9.38. The fourth-order valence-electron chi connectivity index (χ4n) is 2.96. The van der Waals surface area contributed by atoms with E-state index in [0.717, 1.165) is 42.3 Å². The fraction of sp³-hybridized carbons (Fsp3) is 0.533. The monoisotopic (exact) mass is 259 g/mol. The Bertz CT molecular complexity index is 543. The van der Waals surface area contributed by atoms with Crippen LogP contribution in [0.2, 0.25) is 0 Å². The average Bonchev–Trinajstić information content (AvgIpc) is 3.05. The van der Waals surface area contributed by atoms with Crippen LogP contribution in [0.15, 0.2) is 24.3 Å². The number of aliphatic hydroxyl groups is 1. The van der Waals surface area contributed by atoms with Gasteiger partial charge in [-0.25, -0.2) is 4.98 Å². The van der Waals surface area contributed by atoms with Crippen LogP contribution in [0.1, 0.15) is 18.7 Å². The quantitative estimate of drug-likeness (QED) is 0.857. The summed E-state index contributed by atoms with van der Waals surface area (Å²) >= 11 is 0. The van der Waals surface area contributed by atoms with Gasteiger partial charge >= 0.3 is 0 Å². The van der Waals surface area contributed by atoms with E-state index in [2.05, 4.69) is 16.0 Å². The van der Waals surface area contributed by atoms with Gasteiger partial charge in [-0.05, 0) is 44.0 Å². The smallest absolute Gasteiger partial charge is 0.109 e. The van der Waals surface area contributed by atoms with Gasteiger partial charge in [0.05, 0.1) is 17.6 Å². The van der Waals surface area contributed by atoms with Gasteiger partial charge in [0, 0.05) is 13.0 Å². The lowest BCUT2D eigenvalue weighted by molar-refractivity contribution is 0.275. The number of rotatable bonds is 5. The predicted molar refractivity (Wildman–Crippen MR) is 76.1 cm³/mol. The number of fused-ring (bicyclic) bond motifs is 1. The maximum atomic E-state index is 9.24. The van der Waals surface area contributed by atoms with E-state index in [-0.39, 0.29) is 6.61 Å². The minimum absolute atomic E-state index is 0.165. The Morgan fingerprint density at radius 2 is 2.26 bits per heavy atom. The van der Waals surface area contributed by atoms with Crippen LogP contribution in [0, 0.1) is 5.92 Å². The Morgan fingerprint density at radius 3 is 3.05 bits per heavy atom. The van der Waals surface area contributed by atoms with Gasteiger partial charge < -0.3 is 15.0 Å². The molecule has 1 atom stereocenters. The van der Waals surface area contributed by atoms with Gasteiger partial charge in [0.2, 0.25) is 0 Å². The summed E-state index contributed by atoms with van der Waals surface area (Å²) in [6, 6.07) is 8.17. The maximum Gasteiger partial charge on any atom is 0.109 e. The molecule has 3 rings (SSSR count). The predicted octanol–water partition coefficient (Wildman–Crippen LogP) is 1.57. The summed E-state index contributed by atoms with van der Waals surface area (Å²) in [4.78, 5) is 4.72. The van der Waals surface area contributed by atoms with Crippen LogP contribution in [0.25, 0.3) is 11.0 Å². The molecule has 1 aliphatic heterocycles. The molecule has 1 unspecified atom stereocenters. The minimum atomic E-state index is 0.165. The third-order valence-electron chi connectivity index (χ3n) is 4.00. The molecule has 2 N–H and O–H groups in total. The second kappa shape index (κ2) is 5.72. The molecule has 1 fully saturated rings. The molecule has 0 amide bonds. The molecule has 0 saturated carbocycles. The molecule has 4 nitrogen and oxygen atoms in total. The zero-order valence-corrected chi connectivity index (χ0v) is 11.2. The number of aryl methyl sites for hydroxylation is 1. The van der Waals surface area contributed by atoms with Crippen LogP contribution in [0.4, 0.5) is 0 Å². The highest BCUT2D eigenvalue weighted by atomic mass is 16.3. The van der Waals surface area contributed by atoms with E-state index in [1.165, 1.54) is 12.8 Å². The van der Waals surface area contributed by atoms with E-state index in [9.17, 15) is 5.11 Å². The Morgan fingerprint density at radius 1 is 1.37 bits per heavy atom. The molecular weight excluding hydrogens is 238 g/mol. The van der Waals surface area contributed by atoms with Crippen molar-refractivity contribution < 1.29 is 5.11 Å². The molecular formula is C15H21N3O. The largest absolute Gasteiger partial charge is 0.395 e. The number of nitrogens with one attached hydrogen (secondary N) is 1. The van der Waals surface area contributed by atoms with Crippen molar-refractivity contribution in [2.45, 2.75) is 25.8 Å². The van der Waals surface area contributed by atoms with Gasteiger partial charge in [0.15, 0.2) is 0 Å². The topological polar surface area (TPSA) is 50.1 Å². The van der Waals surface area contributed by atoms with Gasteiger partial charge in [-0.15, -0.1) is 0 Å². The summed E-state index contributed by atoms with van der Waals surface area (Å²) in [5.74, 6) is 1.89. The van der Waals surface area contributed by atoms with Crippen molar-refractivity contribution in [1.29, 1.82) is 0 Å². The minimum Gasteiger partial charge on any atom is -0.395 e. The van der Waals surface area contributed by atoms with Crippen LogP contribution in [0.3, 0.4) is 0 Å². The number of para-hydroxylation sites is 2. The zero-order chi connectivity index (χ0) is 13.1. The van der Waals surface area contributed by atoms with Gasteiger partial charge in [-0.3, -0.25) is 0 Å². The lowest BCUT2D eigenvalue weighted by atomic mass is 10.0. The van der Waals surface area contributed by atoms with E-state index in [0.29, 0.717) is 6.54 Å². The molecule has 1 aliphatic rings. The first-order valence-corrected chi connectivity index (χ1v) is 7.14. The van der Waals surface area contributed by atoms with Crippen LogP contribution in [0.5, 0.6) is 0 Å². The molecule has 0 bridgehead atoms. The lowest BCUT2D eigenvalue weighted by Crippen LogP contribution is -2.12. The summed E-state index contributed by atoms with van der Waals surface area (Å²) in [6.07, 6.45) is 3.46. The van der Waals surface area contributed by atoms with E-state index in [4.69, 9.17) is 4.98 Å². The molecule has 1 aromatic carbocycles. The van der Waals surface area contributed by atoms with Gasteiger partial charge in [0.1, 0.15) is 5.82 Å². The molecule has 2 aromatic rings. The second-order valence-electron chi connectivity index (χ2n) is 5.29. The number of aromatic nitrogens is 2. The third-order valence-corrected chi connectivity index (χ3v) is 4.00. The fourth-order valence-corrected chi connectivity index (χ4v) is 2.96. The molecule has 19 heavy (non-hydrogen) atoms. The number of aliphatic hydroxyl groups excluding tert-OH is 1. The van der Waals surface area contributed by atoms with Crippen molar-refractivity contribution in [3.63, 3.8) is 0 Å². The maximum absolute atomic E-state index is 9.24. The number of hydrogen-bond acceptors (Lipinski definition) is 3. The third kappa shape index (κ3) is 2.65. The van der Waals surface area contributed by atoms with E-state index in [1.807, 2.05) is 18.2 Å². The van der Waals surface area contributed by atoms with Crippen molar-refractivity contribution in [2.75, 3.05) is 19.7 Å². The molecule has 0 radical (unpaired) electrons. The van der Waals surface area contributed by atoms with Crippen LogP contribution < -0.4 is 5.32 Å². The molecule has 1 saturated heterocycles. The SMILES string of the molecule is OCCn1c(CCC2CCNC2)nc2ccccc21. The molecule has 4 heteroatoms. The number of hydrogen-bond donors (Lipinski definition) is 2. The van der Waals surface area contributed by atoms with Gasteiger partial charge in [-0.2, -0.15) is 0 Å². The van der Waals surface area contributed by atoms with E-state index < -0.39 is 0 Å². The van der Waals surface area contributed by atoms with Gasteiger partial charge in [0.25, 0.3) is 0 Å². The number of nitrogens with zero attached hydrogens (tertiary/aromatic N) is 2. The highest BCUT2D eigenvalue weighted by Gasteiger charge is 2.16. The molecule has 0 spiro atoms. The highest BCUT2D eigenvalue weighted by Crippen LogP contribution is 2.20. The summed E-state index contributed by atoms with van der Waals surface area (Å²) < 4.78 is 2.16. The van der Waals surface area contributed by atoms with Crippen molar-refractivity contribution >= 4 is 11.0 Å². The number of benzene rings is 1. The van der Waals surface area contributed by atoms with Crippen LogP contribution in [-0.2, 0) is 13.0 Å². The normalized spacial score (nSPS) is 19.3. The van der Waals surface area contributed by atoms with Crippen molar-refractivity contribution in [1.82, 2.24) is 14.9 Å². The Kier molecular flexibility index (Phi) is 3.80. The first kappa shape index (κ1) is 12.6. The zero-order valence-electron chi connectivity index (χ0n) is 11.2. The lowest BCUT2D eigenvalue weighted by Gasteiger charge is -2.10. The molecule has 1 aromatic heterocycles. The Labute approximate surface area is 113 Å². The average molecular weight is 259 g/mol. The summed E-state index contributed by atoms with van der Waals surface area (Å²) in [6.45, 7) is 3.09. The van der Waals surface area contributed by atoms with Crippen LogP contribution >= 0.6 is 0 Å². The van der Waals surface area contributed by atoms with E-state index in [1.54, 1.807) is 0 Å². The Hall–Kier alpha value is -1.39. The second-order valence-corrected chi connectivity index (χ2v) is 5.29. The summed E-state index contributed by atoms with van der Waals surface area (Å²) in [5.41, 5.74) is 2.17. The van der Waals surface area contributed by atoms with Crippen LogP contribution in [-0.4, -0.2) is 34.4 Å². The molecule has 102 valence electrons. The van der Waals surface area contributed by atoms with Crippen molar-refractivity contribution in [3.8, 4) is 0 Å². The van der Waals surface area contributed by atoms with E-state index >= 15 is 0 Å². The summed E-state index contributed by atoms with van der Waals surface area (Å²) in [5, 5.41) is 12.7. The number of imidazole rings is 1. The van der Waals surface area contributed by atoms with Gasteiger partial charge in [-0.1, -0.05) is 12.1 Å².